The molecule has 0 aliphatic carbocycles. The van der Waals surface area contributed by atoms with Crippen molar-refractivity contribution in [3.63, 3.8) is 0 Å². The van der Waals surface area contributed by atoms with Crippen LogP contribution in [-0.4, -0.2) is 29.1 Å². The van der Waals surface area contributed by atoms with Crippen molar-refractivity contribution in [1.29, 1.82) is 0 Å². The minimum atomic E-state index is -0.404. The monoisotopic (exact) mass is 335 g/mol. The average molecular weight is 335 g/mol. The molecule has 0 aromatic heterocycles. The molecule has 1 N–H and O–H groups in total. The van der Waals surface area contributed by atoms with Gasteiger partial charge in [-0.15, -0.1) is 0 Å². The first-order chi connectivity index (χ1) is 12.0. The number of benzene rings is 2. The quantitative estimate of drug-likeness (QED) is 0.886. The molecule has 2 nitrogen and oxygen atoms in total. The lowest BCUT2D eigenvalue weighted by atomic mass is 9.72. The van der Waals surface area contributed by atoms with Crippen molar-refractivity contribution in [2.75, 3.05) is 7.05 Å². The molecule has 2 heteroatoms. The fourth-order valence-electron chi connectivity index (χ4n) is 5.10. The molecule has 2 aliphatic heterocycles. The summed E-state index contributed by atoms with van der Waals surface area (Å²) in [4.78, 5) is 2.53. The second-order valence-corrected chi connectivity index (χ2v) is 8.15. The number of aliphatic hydroxyl groups is 1. The van der Waals surface area contributed by atoms with Gasteiger partial charge in [-0.05, 0) is 57.2 Å². The smallest absolute Gasteiger partial charge is 0.0839 e. The molecule has 2 aromatic carbocycles. The highest BCUT2D eigenvalue weighted by molar-refractivity contribution is 5.30. The molecule has 2 unspecified atom stereocenters. The van der Waals surface area contributed by atoms with Crippen LogP contribution in [0.15, 0.2) is 48.5 Å². The van der Waals surface area contributed by atoms with Gasteiger partial charge in [0.05, 0.1) is 6.10 Å². The third kappa shape index (κ3) is 3.02. The maximum absolute atomic E-state index is 11.3. The molecule has 25 heavy (non-hydrogen) atoms. The van der Waals surface area contributed by atoms with Crippen LogP contribution in [0.2, 0.25) is 0 Å². The molecule has 2 bridgehead atoms. The summed E-state index contributed by atoms with van der Waals surface area (Å²) in [6.07, 6.45) is 3.22. The van der Waals surface area contributed by atoms with Gasteiger partial charge in [-0.1, -0.05) is 59.7 Å². The molecule has 0 spiro atoms. The minimum Gasteiger partial charge on any atom is -0.388 e. The number of fused-ring (bicyclic) bond motifs is 2. The van der Waals surface area contributed by atoms with Gasteiger partial charge in [0.25, 0.3) is 0 Å². The lowest BCUT2D eigenvalue weighted by molar-refractivity contribution is 0.00309. The number of piperidine rings is 1. The predicted molar refractivity (Wildman–Crippen MR) is 103 cm³/mol. The Morgan fingerprint density at radius 1 is 0.920 bits per heavy atom. The van der Waals surface area contributed by atoms with E-state index in [1.54, 1.807) is 0 Å². The number of nitrogens with zero attached hydrogens (tertiary/aromatic N) is 1. The zero-order chi connectivity index (χ0) is 17.6. The summed E-state index contributed by atoms with van der Waals surface area (Å²) in [5.41, 5.74) is 5.00. The maximum atomic E-state index is 11.3. The van der Waals surface area contributed by atoms with Gasteiger partial charge in [-0.3, -0.25) is 0 Å². The highest BCUT2D eigenvalue weighted by atomic mass is 16.3. The van der Waals surface area contributed by atoms with Crippen LogP contribution in [0.25, 0.3) is 0 Å². The van der Waals surface area contributed by atoms with E-state index in [0.717, 1.165) is 12.0 Å². The van der Waals surface area contributed by atoms with Crippen molar-refractivity contribution in [2.45, 2.75) is 57.2 Å². The maximum Gasteiger partial charge on any atom is 0.0839 e. The first-order valence-electron chi connectivity index (χ1n) is 9.57. The predicted octanol–water partition coefficient (Wildman–Crippen LogP) is 4.60. The summed E-state index contributed by atoms with van der Waals surface area (Å²) in [6.45, 7) is 4.24. The summed E-state index contributed by atoms with van der Waals surface area (Å²) in [6, 6.07) is 18.6. The highest BCUT2D eigenvalue weighted by Crippen LogP contribution is 2.50. The molecule has 2 saturated heterocycles. The zero-order valence-electron chi connectivity index (χ0n) is 15.5. The summed E-state index contributed by atoms with van der Waals surface area (Å²) in [5.74, 6) is 0.694. The van der Waals surface area contributed by atoms with Crippen molar-refractivity contribution in [1.82, 2.24) is 4.90 Å². The number of rotatable bonds is 3. The summed E-state index contributed by atoms with van der Waals surface area (Å²) < 4.78 is 0. The number of aryl methyl sites for hydroxylation is 2. The molecule has 0 amide bonds. The summed E-state index contributed by atoms with van der Waals surface area (Å²) in [5, 5.41) is 11.3. The van der Waals surface area contributed by atoms with Crippen molar-refractivity contribution in [3.05, 3.63) is 70.8 Å². The number of aliphatic hydroxyl groups excluding tert-OH is 1. The standard InChI is InChI=1S/C23H29NO/c1-15-4-8-17(9-5-15)20-14-19-12-13-21(24(19)3)22(20)23(25)18-10-6-16(2)7-11-18/h4-11,19-23,25H,12-14H2,1-3H3/t19?,20-,21?,22-,23-/m1/s1. The molecule has 2 fully saturated rings. The lowest BCUT2D eigenvalue weighted by Crippen LogP contribution is -2.47. The van der Waals surface area contributed by atoms with Crippen LogP contribution >= 0.6 is 0 Å². The van der Waals surface area contributed by atoms with Crippen LogP contribution < -0.4 is 0 Å². The molecule has 0 saturated carbocycles. The van der Waals surface area contributed by atoms with E-state index < -0.39 is 6.10 Å². The van der Waals surface area contributed by atoms with Crippen LogP contribution in [0.5, 0.6) is 0 Å². The molecule has 5 atom stereocenters. The Balaban J connectivity index is 1.71. The van der Waals surface area contributed by atoms with Gasteiger partial charge in [-0.2, -0.15) is 0 Å². The third-order valence-electron chi connectivity index (χ3n) is 6.62. The van der Waals surface area contributed by atoms with Crippen molar-refractivity contribution in [3.8, 4) is 0 Å². The summed E-state index contributed by atoms with van der Waals surface area (Å²) in [7, 11) is 2.25. The molecular formula is C23H29NO. The summed E-state index contributed by atoms with van der Waals surface area (Å²) >= 11 is 0. The first kappa shape index (κ1) is 16.8. The average Bonchev–Trinajstić information content (AvgIpc) is 2.85. The number of hydrogen-bond donors (Lipinski definition) is 1. The van der Waals surface area contributed by atoms with Crippen molar-refractivity contribution in [2.24, 2.45) is 5.92 Å². The van der Waals surface area contributed by atoms with Crippen molar-refractivity contribution >= 4 is 0 Å². The Kier molecular flexibility index (Phi) is 4.43. The Labute approximate surface area is 151 Å². The van der Waals surface area contributed by atoms with Gasteiger partial charge in [0.2, 0.25) is 0 Å². The highest BCUT2D eigenvalue weighted by Gasteiger charge is 2.48. The largest absolute Gasteiger partial charge is 0.388 e. The Morgan fingerprint density at radius 3 is 2.16 bits per heavy atom. The second kappa shape index (κ2) is 6.59. The van der Waals surface area contributed by atoms with Crippen LogP contribution in [0, 0.1) is 19.8 Å². The van der Waals surface area contributed by atoms with Crippen LogP contribution in [-0.2, 0) is 0 Å². The van der Waals surface area contributed by atoms with E-state index in [-0.39, 0.29) is 5.92 Å². The second-order valence-electron chi connectivity index (χ2n) is 8.15. The van der Waals surface area contributed by atoms with E-state index >= 15 is 0 Å². The minimum absolute atomic E-state index is 0.258. The lowest BCUT2D eigenvalue weighted by Gasteiger charge is -2.45. The van der Waals surface area contributed by atoms with Crippen LogP contribution in [0.1, 0.15) is 53.5 Å². The van der Waals surface area contributed by atoms with E-state index in [2.05, 4.69) is 74.3 Å². The molecule has 0 radical (unpaired) electrons. The van der Waals surface area contributed by atoms with E-state index in [0.29, 0.717) is 18.0 Å². The molecular weight excluding hydrogens is 306 g/mol. The molecule has 132 valence electrons. The fourth-order valence-corrected chi connectivity index (χ4v) is 5.10. The van der Waals surface area contributed by atoms with Gasteiger partial charge >= 0.3 is 0 Å². The molecule has 4 rings (SSSR count). The SMILES string of the molecule is Cc1ccc([C@@H](O)[C@H]2C3CCC(C[C@@H]2c2ccc(C)cc2)N3C)cc1. The van der Waals surface area contributed by atoms with Gasteiger partial charge < -0.3 is 10.0 Å². The van der Waals surface area contributed by atoms with E-state index in [4.69, 9.17) is 0 Å². The molecule has 2 heterocycles. The van der Waals surface area contributed by atoms with Gasteiger partial charge in [-0.25, -0.2) is 0 Å². The van der Waals surface area contributed by atoms with Gasteiger partial charge in [0, 0.05) is 18.0 Å². The third-order valence-corrected chi connectivity index (χ3v) is 6.62. The van der Waals surface area contributed by atoms with E-state index in [1.807, 2.05) is 0 Å². The van der Waals surface area contributed by atoms with Gasteiger partial charge in [0.1, 0.15) is 0 Å². The first-order valence-corrected chi connectivity index (χ1v) is 9.57. The van der Waals surface area contributed by atoms with Crippen molar-refractivity contribution < 1.29 is 5.11 Å². The molecule has 2 aliphatic rings. The van der Waals surface area contributed by atoms with E-state index in [1.165, 1.54) is 29.5 Å². The Hall–Kier alpha value is -1.64. The van der Waals surface area contributed by atoms with E-state index in [9.17, 15) is 5.11 Å². The molecule has 2 aromatic rings. The van der Waals surface area contributed by atoms with Gasteiger partial charge in [0.15, 0.2) is 0 Å². The van der Waals surface area contributed by atoms with Crippen LogP contribution in [0.4, 0.5) is 0 Å². The zero-order valence-corrected chi connectivity index (χ0v) is 15.5. The Bertz CT molecular complexity index is 721. The topological polar surface area (TPSA) is 23.5 Å². The normalized spacial score (nSPS) is 30.4. The Morgan fingerprint density at radius 2 is 1.52 bits per heavy atom. The van der Waals surface area contributed by atoms with Crippen LogP contribution in [0.3, 0.4) is 0 Å². The number of hydrogen-bond acceptors (Lipinski definition) is 2. The fraction of sp³-hybridized carbons (Fsp3) is 0.478.